The van der Waals surface area contributed by atoms with E-state index in [1.54, 1.807) is 6.07 Å². The number of aromatic hydroxyl groups is 1. The van der Waals surface area contributed by atoms with E-state index in [4.69, 9.17) is 5.73 Å². The van der Waals surface area contributed by atoms with E-state index in [0.717, 1.165) is 29.7 Å². The predicted molar refractivity (Wildman–Crippen MR) is 106 cm³/mol. The van der Waals surface area contributed by atoms with Crippen LogP contribution in [0.3, 0.4) is 0 Å². The van der Waals surface area contributed by atoms with Gasteiger partial charge in [0.2, 0.25) is 0 Å². The van der Waals surface area contributed by atoms with Crippen molar-refractivity contribution < 1.29 is 5.11 Å². The standard InChI is InChI=1S/C22H32N2O/c1-16(2)24(17(3)4)14-13-22(23,19-9-7-6-8-10-19)20-15-18(5)11-12-21(20)25/h6-12,15-17,25H,13-14,23H2,1-5H3. The van der Waals surface area contributed by atoms with Gasteiger partial charge in [0.15, 0.2) is 0 Å². The number of hydrogen-bond donors (Lipinski definition) is 2. The molecule has 2 rings (SSSR count). The minimum Gasteiger partial charge on any atom is -0.508 e. The molecule has 0 spiro atoms. The maximum absolute atomic E-state index is 10.5. The van der Waals surface area contributed by atoms with Crippen LogP contribution in [0.2, 0.25) is 0 Å². The third-order valence-corrected chi connectivity index (χ3v) is 5.01. The second-order valence-corrected chi connectivity index (χ2v) is 7.53. The van der Waals surface area contributed by atoms with E-state index in [2.05, 4.69) is 44.7 Å². The Bertz CT molecular complexity index is 674. The van der Waals surface area contributed by atoms with E-state index in [9.17, 15) is 5.11 Å². The van der Waals surface area contributed by atoms with Gasteiger partial charge in [-0.1, -0.05) is 48.0 Å². The van der Waals surface area contributed by atoms with Crippen molar-refractivity contribution in [1.82, 2.24) is 4.90 Å². The molecular weight excluding hydrogens is 308 g/mol. The molecule has 0 aliphatic rings. The van der Waals surface area contributed by atoms with Gasteiger partial charge in [-0.15, -0.1) is 0 Å². The third kappa shape index (κ3) is 4.42. The van der Waals surface area contributed by atoms with Crippen LogP contribution >= 0.6 is 0 Å². The molecule has 0 fully saturated rings. The van der Waals surface area contributed by atoms with Gasteiger partial charge >= 0.3 is 0 Å². The Balaban J connectivity index is 2.45. The van der Waals surface area contributed by atoms with Crippen molar-refractivity contribution in [1.29, 1.82) is 0 Å². The zero-order valence-corrected chi connectivity index (χ0v) is 16.2. The molecule has 25 heavy (non-hydrogen) atoms. The topological polar surface area (TPSA) is 49.5 Å². The molecule has 0 amide bonds. The van der Waals surface area contributed by atoms with Gasteiger partial charge in [-0.25, -0.2) is 0 Å². The Morgan fingerprint density at radius 1 is 1.00 bits per heavy atom. The maximum atomic E-state index is 10.5. The second-order valence-electron chi connectivity index (χ2n) is 7.53. The SMILES string of the molecule is Cc1ccc(O)c(C(N)(CCN(C(C)C)C(C)C)c2ccccc2)c1. The quantitative estimate of drug-likeness (QED) is 0.785. The van der Waals surface area contributed by atoms with Gasteiger partial charge in [-0.05, 0) is 52.7 Å². The molecule has 0 heterocycles. The van der Waals surface area contributed by atoms with Crippen LogP contribution in [0.1, 0.15) is 50.8 Å². The summed E-state index contributed by atoms with van der Waals surface area (Å²) in [6, 6.07) is 16.7. The van der Waals surface area contributed by atoms with Crippen molar-refractivity contribution in [3.05, 3.63) is 65.2 Å². The molecule has 0 saturated carbocycles. The molecule has 3 N–H and O–H groups in total. The van der Waals surface area contributed by atoms with Crippen LogP contribution in [0, 0.1) is 6.92 Å². The van der Waals surface area contributed by atoms with Crippen LogP contribution < -0.4 is 5.73 Å². The summed E-state index contributed by atoms with van der Waals surface area (Å²) in [5.74, 6) is 0.262. The molecule has 0 radical (unpaired) electrons. The van der Waals surface area contributed by atoms with Gasteiger partial charge in [-0.2, -0.15) is 0 Å². The lowest BCUT2D eigenvalue weighted by Crippen LogP contribution is -2.45. The molecule has 3 heteroatoms. The van der Waals surface area contributed by atoms with Crippen LogP contribution in [0.25, 0.3) is 0 Å². The summed E-state index contributed by atoms with van der Waals surface area (Å²) in [4.78, 5) is 2.44. The smallest absolute Gasteiger partial charge is 0.120 e. The number of benzene rings is 2. The van der Waals surface area contributed by atoms with E-state index >= 15 is 0 Å². The minimum absolute atomic E-state index is 0.262. The average molecular weight is 341 g/mol. The molecule has 0 aliphatic heterocycles. The van der Waals surface area contributed by atoms with Gasteiger partial charge < -0.3 is 10.8 Å². The monoisotopic (exact) mass is 340 g/mol. The first-order valence-corrected chi connectivity index (χ1v) is 9.16. The number of nitrogens with two attached hydrogens (primary N) is 1. The fourth-order valence-electron chi connectivity index (χ4n) is 3.60. The van der Waals surface area contributed by atoms with E-state index < -0.39 is 5.54 Å². The minimum atomic E-state index is -0.723. The van der Waals surface area contributed by atoms with Gasteiger partial charge in [-0.3, -0.25) is 4.90 Å². The highest BCUT2D eigenvalue weighted by molar-refractivity contribution is 5.47. The summed E-state index contributed by atoms with van der Waals surface area (Å²) < 4.78 is 0. The van der Waals surface area contributed by atoms with Crippen molar-refractivity contribution in [3.63, 3.8) is 0 Å². The van der Waals surface area contributed by atoms with Crippen LogP contribution in [-0.2, 0) is 5.54 Å². The van der Waals surface area contributed by atoms with Crippen molar-refractivity contribution >= 4 is 0 Å². The van der Waals surface area contributed by atoms with Gasteiger partial charge in [0.25, 0.3) is 0 Å². The zero-order valence-electron chi connectivity index (χ0n) is 16.2. The van der Waals surface area contributed by atoms with Crippen LogP contribution in [0.5, 0.6) is 5.75 Å². The highest BCUT2D eigenvalue weighted by Crippen LogP contribution is 2.36. The van der Waals surface area contributed by atoms with Crippen LogP contribution in [0.4, 0.5) is 0 Å². The fourth-order valence-corrected chi connectivity index (χ4v) is 3.60. The van der Waals surface area contributed by atoms with Crippen molar-refractivity contribution in [2.24, 2.45) is 5.73 Å². The Kier molecular flexibility index (Phi) is 6.26. The van der Waals surface area contributed by atoms with Gasteiger partial charge in [0.05, 0.1) is 5.54 Å². The Hall–Kier alpha value is -1.84. The van der Waals surface area contributed by atoms with Crippen LogP contribution in [0.15, 0.2) is 48.5 Å². The van der Waals surface area contributed by atoms with Crippen LogP contribution in [-0.4, -0.2) is 28.6 Å². The molecule has 0 aliphatic carbocycles. The highest BCUT2D eigenvalue weighted by Gasteiger charge is 2.33. The molecule has 3 nitrogen and oxygen atoms in total. The normalized spacial score (nSPS) is 14.3. The molecule has 2 aromatic rings. The summed E-state index contributed by atoms with van der Waals surface area (Å²) in [5, 5.41) is 10.5. The van der Waals surface area contributed by atoms with E-state index in [0.29, 0.717) is 12.1 Å². The number of rotatable bonds is 7. The second kappa shape index (κ2) is 8.03. The molecular formula is C22H32N2O. The summed E-state index contributed by atoms with van der Waals surface area (Å²) in [5.41, 5.74) is 9.18. The highest BCUT2D eigenvalue weighted by atomic mass is 16.3. The first-order valence-electron chi connectivity index (χ1n) is 9.16. The number of phenolic OH excluding ortho intramolecular Hbond substituents is 1. The summed E-state index contributed by atoms with van der Waals surface area (Å²) in [6.07, 6.45) is 0.740. The molecule has 0 saturated heterocycles. The maximum Gasteiger partial charge on any atom is 0.120 e. The largest absolute Gasteiger partial charge is 0.508 e. The third-order valence-electron chi connectivity index (χ3n) is 5.01. The predicted octanol–water partition coefficient (Wildman–Crippen LogP) is 4.41. The molecule has 1 unspecified atom stereocenters. The summed E-state index contributed by atoms with van der Waals surface area (Å²) in [6.45, 7) is 11.8. The fraction of sp³-hybridized carbons (Fsp3) is 0.455. The first kappa shape index (κ1) is 19.5. The van der Waals surface area contributed by atoms with E-state index in [1.807, 2.05) is 37.3 Å². The Labute approximate surface area is 152 Å². The lowest BCUT2D eigenvalue weighted by Gasteiger charge is -2.37. The lowest BCUT2D eigenvalue weighted by atomic mass is 9.79. The number of aryl methyl sites for hydroxylation is 1. The Morgan fingerprint density at radius 3 is 2.16 bits per heavy atom. The van der Waals surface area contributed by atoms with Gasteiger partial charge in [0.1, 0.15) is 5.75 Å². The van der Waals surface area contributed by atoms with E-state index in [1.165, 1.54) is 0 Å². The molecule has 0 aromatic heterocycles. The molecule has 136 valence electrons. The Morgan fingerprint density at radius 2 is 1.60 bits per heavy atom. The lowest BCUT2D eigenvalue weighted by molar-refractivity contribution is 0.161. The van der Waals surface area contributed by atoms with E-state index in [-0.39, 0.29) is 5.75 Å². The molecule has 0 bridgehead atoms. The summed E-state index contributed by atoms with van der Waals surface area (Å²) >= 11 is 0. The van der Waals surface area contributed by atoms with Crippen molar-refractivity contribution in [2.75, 3.05) is 6.54 Å². The zero-order chi connectivity index (χ0) is 18.6. The number of nitrogens with zero attached hydrogens (tertiary/aromatic N) is 1. The number of hydrogen-bond acceptors (Lipinski definition) is 3. The number of phenols is 1. The van der Waals surface area contributed by atoms with Crippen molar-refractivity contribution in [3.8, 4) is 5.75 Å². The molecule has 1 atom stereocenters. The summed E-state index contributed by atoms with van der Waals surface area (Å²) in [7, 11) is 0. The van der Waals surface area contributed by atoms with Gasteiger partial charge in [0, 0.05) is 24.2 Å². The first-order chi connectivity index (χ1) is 11.8. The van der Waals surface area contributed by atoms with Crippen molar-refractivity contribution in [2.45, 2.75) is 58.7 Å². The molecule has 2 aromatic carbocycles. The average Bonchev–Trinajstić information content (AvgIpc) is 2.57.